The van der Waals surface area contributed by atoms with Crippen LogP contribution in [-0.4, -0.2) is 39.5 Å². The second-order valence-corrected chi connectivity index (χ2v) is 8.42. The molecule has 0 saturated carbocycles. The molecule has 1 N–H and O–H groups in total. The predicted molar refractivity (Wildman–Crippen MR) is 107 cm³/mol. The number of ether oxygens (including phenoxy) is 1. The molecule has 0 radical (unpaired) electrons. The minimum absolute atomic E-state index is 0.0130. The Hall–Kier alpha value is -2.66. The van der Waals surface area contributed by atoms with Crippen molar-refractivity contribution in [1.29, 1.82) is 0 Å². The number of non-ortho nitro benzene ring substituents is 1. The molecule has 1 aromatic carbocycles. The fourth-order valence-corrected chi connectivity index (χ4v) is 4.33. The van der Waals surface area contributed by atoms with Crippen LogP contribution in [0.25, 0.3) is 0 Å². The maximum atomic E-state index is 11.8. The molecule has 0 aliphatic carbocycles. The third-order valence-corrected chi connectivity index (χ3v) is 5.84. The van der Waals surface area contributed by atoms with E-state index in [-0.39, 0.29) is 24.0 Å². The van der Waals surface area contributed by atoms with E-state index in [0.717, 1.165) is 23.9 Å². The van der Waals surface area contributed by atoms with Gasteiger partial charge in [-0.2, -0.15) is 0 Å². The monoisotopic (exact) mass is 422 g/mol. The van der Waals surface area contributed by atoms with Gasteiger partial charge in [0.2, 0.25) is 0 Å². The van der Waals surface area contributed by atoms with Gasteiger partial charge in [-0.15, -0.1) is 11.3 Å². The molecule has 28 heavy (non-hydrogen) atoms. The van der Waals surface area contributed by atoms with Crippen molar-refractivity contribution in [3.05, 3.63) is 51.0 Å². The van der Waals surface area contributed by atoms with E-state index < -0.39 is 11.0 Å². The Balaban J connectivity index is 1.39. The molecule has 1 aliphatic heterocycles. The molecular formula is C17H18N4O5S2. The van der Waals surface area contributed by atoms with Crippen molar-refractivity contribution >= 4 is 45.1 Å². The highest BCUT2D eigenvalue weighted by Crippen LogP contribution is 2.30. The number of alkyl carbamates (subject to hydrolysis) is 1. The van der Waals surface area contributed by atoms with Crippen molar-refractivity contribution in [2.45, 2.75) is 25.3 Å². The Labute approximate surface area is 169 Å². The number of carbonyl (C=O) groups excluding carboxylic acids is 2. The smallest absolute Gasteiger partial charge is 0.407 e. The fraction of sp³-hybridized carbons (Fsp3) is 0.353. The second-order valence-electron chi connectivity index (χ2n) is 6.11. The highest BCUT2D eigenvalue weighted by Gasteiger charge is 2.30. The summed E-state index contributed by atoms with van der Waals surface area (Å²) < 4.78 is 5.10. The van der Waals surface area contributed by atoms with Crippen molar-refractivity contribution in [2.24, 2.45) is 0 Å². The number of nitro benzene ring substituents is 1. The molecule has 0 bridgehead atoms. The SMILES string of the molecule is CC(=O)SC1CN(c2nc(CNC(=O)OCc3ccc([N+](=O)[O-])cc3)cs2)C1. The van der Waals surface area contributed by atoms with Gasteiger partial charge in [0.05, 0.1) is 17.2 Å². The number of hydrogen-bond acceptors (Lipinski definition) is 9. The van der Waals surface area contributed by atoms with E-state index >= 15 is 0 Å². The minimum atomic E-state index is -0.588. The van der Waals surface area contributed by atoms with Crippen LogP contribution in [0.3, 0.4) is 0 Å². The second kappa shape index (κ2) is 9.02. The van der Waals surface area contributed by atoms with E-state index in [0.29, 0.717) is 10.8 Å². The third-order valence-electron chi connectivity index (χ3n) is 3.92. The lowest BCUT2D eigenvalue weighted by molar-refractivity contribution is -0.384. The van der Waals surface area contributed by atoms with E-state index in [4.69, 9.17) is 4.74 Å². The lowest BCUT2D eigenvalue weighted by atomic mass is 10.2. The Kier molecular flexibility index (Phi) is 6.47. The third kappa shape index (κ3) is 5.42. The number of amides is 1. The average Bonchev–Trinajstić information content (AvgIpc) is 3.09. The van der Waals surface area contributed by atoms with Gasteiger partial charge >= 0.3 is 6.09 Å². The summed E-state index contributed by atoms with van der Waals surface area (Å²) in [5, 5.41) is 16.4. The number of anilines is 1. The van der Waals surface area contributed by atoms with Gasteiger partial charge in [0, 0.05) is 42.8 Å². The van der Waals surface area contributed by atoms with Gasteiger partial charge in [0.15, 0.2) is 10.2 Å². The lowest BCUT2D eigenvalue weighted by Gasteiger charge is -2.37. The number of rotatable bonds is 7. The summed E-state index contributed by atoms with van der Waals surface area (Å²) in [6.45, 7) is 3.43. The van der Waals surface area contributed by atoms with E-state index in [1.54, 1.807) is 19.1 Å². The lowest BCUT2D eigenvalue weighted by Crippen LogP contribution is -2.49. The first-order valence-electron chi connectivity index (χ1n) is 8.41. The quantitative estimate of drug-likeness (QED) is 0.535. The average molecular weight is 422 g/mol. The Morgan fingerprint density at radius 3 is 2.75 bits per heavy atom. The Morgan fingerprint density at radius 2 is 2.11 bits per heavy atom. The molecule has 2 heterocycles. The van der Waals surface area contributed by atoms with Crippen molar-refractivity contribution in [1.82, 2.24) is 10.3 Å². The van der Waals surface area contributed by atoms with Crippen LogP contribution in [0.4, 0.5) is 15.6 Å². The largest absolute Gasteiger partial charge is 0.445 e. The molecule has 11 heteroatoms. The van der Waals surface area contributed by atoms with Crippen LogP contribution < -0.4 is 10.2 Å². The summed E-state index contributed by atoms with van der Waals surface area (Å²) in [6.07, 6.45) is -0.588. The van der Waals surface area contributed by atoms with Gasteiger partial charge in [-0.25, -0.2) is 9.78 Å². The summed E-state index contributed by atoms with van der Waals surface area (Å²) in [6, 6.07) is 5.82. The van der Waals surface area contributed by atoms with Crippen LogP contribution in [0, 0.1) is 10.1 Å². The zero-order chi connectivity index (χ0) is 20.1. The summed E-state index contributed by atoms with van der Waals surface area (Å²) >= 11 is 2.85. The number of benzene rings is 1. The summed E-state index contributed by atoms with van der Waals surface area (Å²) in [4.78, 5) is 39.6. The van der Waals surface area contributed by atoms with Crippen LogP contribution >= 0.6 is 23.1 Å². The van der Waals surface area contributed by atoms with Crippen LogP contribution in [0.2, 0.25) is 0 Å². The molecule has 1 amide bonds. The number of aromatic nitrogens is 1. The summed E-state index contributed by atoms with van der Waals surface area (Å²) in [5.74, 6) is 0. The predicted octanol–water partition coefficient (Wildman–Crippen LogP) is 2.95. The molecule has 2 aromatic rings. The molecule has 9 nitrogen and oxygen atoms in total. The number of nitrogens with zero attached hydrogens (tertiary/aromatic N) is 3. The standard InChI is InChI=1S/C17H18N4O5S2/c1-11(22)28-15-7-20(8-15)16-19-13(10-27-16)6-18-17(23)26-9-12-2-4-14(5-3-12)21(24)25/h2-5,10,15H,6-9H2,1H3,(H,18,23). The van der Waals surface area contributed by atoms with Gasteiger partial charge in [-0.1, -0.05) is 11.8 Å². The first kappa shape index (κ1) is 20.1. The van der Waals surface area contributed by atoms with Crippen molar-refractivity contribution < 1.29 is 19.2 Å². The molecule has 1 aromatic heterocycles. The molecular weight excluding hydrogens is 404 g/mol. The van der Waals surface area contributed by atoms with Crippen LogP contribution in [0.1, 0.15) is 18.2 Å². The molecule has 1 aliphatic rings. The van der Waals surface area contributed by atoms with Gasteiger partial charge in [0.1, 0.15) is 6.61 Å². The number of nitro groups is 1. The van der Waals surface area contributed by atoms with E-state index in [9.17, 15) is 19.7 Å². The van der Waals surface area contributed by atoms with Crippen molar-refractivity contribution in [3.8, 4) is 0 Å². The number of carbonyl (C=O) groups is 2. The van der Waals surface area contributed by atoms with E-state index in [2.05, 4.69) is 15.2 Å². The zero-order valence-electron chi connectivity index (χ0n) is 15.0. The minimum Gasteiger partial charge on any atom is -0.445 e. The number of thioether (sulfide) groups is 1. The molecule has 0 unspecified atom stereocenters. The first-order valence-corrected chi connectivity index (χ1v) is 10.2. The zero-order valence-corrected chi connectivity index (χ0v) is 16.6. The normalized spacial score (nSPS) is 13.7. The number of thiazole rings is 1. The van der Waals surface area contributed by atoms with Gasteiger partial charge in [-0.05, 0) is 17.7 Å². The molecule has 148 valence electrons. The highest BCUT2D eigenvalue weighted by atomic mass is 32.2. The topological polar surface area (TPSA) is 115 Å². The maximum absolute atomic E-state index is 11.8. The highest BCUT2D eigenvalue weighted by molar-refractivity contribution is 8.14. The summed E-state index contributed by atoms with van der Waals surface area (Å²) in [7, 11) is 0. The molecule has 1 saturated heterocycles. The number of nitrogens with one attached hydrogen (secondary N) is 1. The van der Waals surface area contributed by atoms with Crippen LogP contribution in [0.15, 0.2) is 29.6 Å². The van der Waals surface area contributed by atoms with Gasteiger partial charge < -0.3 is 15.0 Å². The molecule has 0 atom stereocenters. The van der Waals surface area contributed by atoms with Crippen molar-refractivity contribution in [3.63, 3.8) is 0 Å². The van der Waals surface area contributed by atoms with Crippen LogP contribution in [0.5, 0.6) is 0 Å². The molecule has 0 spiro atoms. The molecule has 3 rings (SSSR count). The Morgan fingerprint density at radius 1 is 1.39 bits per heavy atom. The van der Waals surface area contributed by atoms with E-state index in [1.165, 1.54) is 35.2 Å². The Bertz CT molecular complexity index is 865. The maximum Gasteiger partial charge on any atom is 0.407 e. The fourth-order valence-electron chi connectivity index (χ4n) is 2.50. The summed E-state index contributed by atoms with van der Waals surface area (Å²) in [5.41, 5.74) is 1.38. The molecule has 1 fully saturated rings. The van der Waals surface area contributed by atoms with Gasteiger partial charge in [0.25, 0.3) is 5.69 Å². The van der Waals surface area contributed by atoms with E-state index in [1.807, 2.05) is 5.38 Å². The van der Waals surface area contributed by atoms with Crippen LogP contribution in [-0.2, 0) is 22.7 Å². The van der Waals surface area contributed by atoms with Crippen molar-refractivity contribution in [2.75, 3.05) is 18.0 Å². The van der Waals surface area contributed by atoms with Gasteiger partial charge in [-0.3, -0.25) is 14.9 Å². The first-order chi connectivity index (χ1) is 13.4. The number of hydrogen-bond donors (Lipinski definition) is 1.